The van der Waals surface area contributed by atoms with Crippen LogP contribution in [0.3, 0.4) is 0 Å². The summed E-state index contributed by atoms with van der Waals surface area (Å²) in [5, 5.41) is 2.72. The second-order valence-corrected chi connectivity index (χ2v) is 12.2. The fourth-order valence-electron chi connectivity index (χ4n) is 3.36. The van der Waals surface area contributed by atoms with Crippen LogP contribution < -0.4 is 10.1 Å². The summed E-state index contributed by atoms with van der Waals surface area (Å²) >= 11 is 6.02. The topological polar surface area (TPSA) is 116 Å². The third-order valence-electron chi connectivity index (χ3n) is 5.44. The van der Waals surface area contributed by atoms with Crippen LogP contribution in [-0.4, -0.2) is 90.2 Å². The highest BCUT2D eigenvalue weighted by molar-refractivity contribution is 7.89. The van der Waals surface area contributed by atoms with E-state index in [1.807, 2.05) is 7.05 Å². The van der Waals surface area contributed by atoms with Crippen LogP contribution in [0.15, 0.2) is 52.3 Å². The second-order valence-electron chi connectivity index (χ2n) is 7.84. The molecular formula is C21H27ClN4O6S2. The van der Waals surface area contributed by atoms with E-state index in [0.29, 0.717) is 37.6 Å². The lowest BCUT2D eigenvalue weighted by molar-refractivity contribution is -0.116. The number of carbonyl (C=O) groups excluding carboxylic acids is 1. The number of anilines is 1. The number of nitrogens with zero attached hydrogens (tertiary/aromatic N) is 3. The van der Waals surface area contributed by atoms with E-state index < -0.39 is 32.5 Å². The van der Waals surface area contributed by atoms with Crippen LogP contribution in [0.1, 0.15) is 0 Å². The number of rotatable bonds is 8. The predicted octanol–water partition coefficient (Wildman–Crippen LogP) is 1.54. The van der Waals surface area contributed by atoms with Gasteiger partial charge in [0.25, 0.3) is 0 Å². The SMILES string of the molecule is COc1ccc(S(=O)(=O)N(C)CC(=O)Nc2ccc(S(=O)(=O)N3CCN(C)CC3)cc2)cc1Cl. The first kappa shape index (κ1) is 26.4. The number of halogens is 1. The summed E-state index contributed by atoms with van der Waals surface area (Å²) < 4.78 is 58.5. The van der Waals surface area contributed by atoms with Gasteiger partial charge in [0.1, 0.15) is 5.75 Å². The third kappa shape index (κ3) is 5.88. The van der Waals surface area contributed by atoms with Crippen LogP contribution in [0.4, 0.5) is 5.69 Å². The molecule has 1 aliphatic rings. The first-order valence-electron chi connectivity index (χ1n) is 10.3. The lowest BCUT2D eigenvalue weighted by atomic mass is 10.3. The van der Waals surface area contributed by atoms with Gasteiger partial charge in [0.05, 0.1) is 28.5 Å². The number of sulfonamides is 2. The molecular weight excluding hydrogens is 504 g/mol. The van der Waals surface area contributed by atoms with Crippen molar-refractivity contribution in [1.29, 1.82) is 0 Å². The molecule has 0 unspecified atom stereocenters. The minimum Gasteiger partial charge on any atom is -0.495 e. The standard InChI is InChI=1S/C21H27ClN4O6S2/c1-24-10-12-26(13-11-24)34(30,31)17-6-4-16(5-7-17)23-21(27)15-25(2)33(28,29)18-8-9-20(32-3)19(22)14-18/h4-9,14H,10-13,15H2,1-3H3,(H,23,27). The second kappa shape index (κ2) is 10.6. The highest BCUT2D eigenvalue weighted by Crippen LogP contribution is 2.28. The molecule has 1 N–H and O–H groups in total. The van der Waals surface area contributed by atoms with E-state index >= 15 is 0 Å². The van der Waals surface area contributed by atoms with Gasteiger partial charge in [-0.25, -0.2) is 16.8 Å². The molecule has 0 radical (unpaired) electrons. The number of ether oxygens (including phenoxy) is 1. The quantitative estimate of drug-likeness (QED) is 0.550. The van der Waals surface area contributed by atoms with Gasteiger partial charge in [0, 0.05) is 38.9 Å². The molecule has 2 aromatic carbocycles. The fraction of sp³-hybridized carbons (Fsp3) is 0.381. The van der Waals surface area contributed by atoms with E-state index in [4.69, 9.17) is 16.3 Å². The van der Waals surface area contributed by atoms with Crippen LogP contribution in [0.25, 0.3) is 0 Å². The summed E-state index contributed by atoms with van der Waals surface area (Å²) in [6.07, 6.45) is 0. The van der Waals surface area contributed by atoms with E-state index in [1.165, 1.54) is 60.9 Å². The van der Waals surface area contributed by atoms with E-state index in [2.05, 4.69) is 10.2 Å². The van der Waals surface area contributed by atoms with E-state index in [0.717, 1.165) is 4.31 Å². The van der Waals surface area contributed by atoms with Crippen LogP contribution in [0, 0.1) is 0 Å². The Labute approximate surface area is 205 Å². The van der Waals surface area contributed by atoms with Gasteiger partial charge in [-0.3, -0.25) is 4.79 Å². The smallest absolute Gasteiger partial charge is 0.243 e. The Morgan fingerprint density at radius 1 is 1.03 bits per heavy atom. The van der Waals surface area contributed by atoms with E-state index in [1.54, 1.807) is 0 Å². The van der Waals surface area contributed by atoms with Crippen molar-refractivity contribution in [2.45, 2.75) is 9.79 Å². The number of carbonyl (C=O) groups is 1. The van der Waals surface area contributed by atoms with Crippen LogP contribution in [0.5, 0.6) is 5.75 Å². The molecule has 1 amide bonds. The molecule has 1 fully saturated rings. The molecule has 13 heteroatoms. The number of nitrogens with one attached hydrogen (secondary N) is 1. The van der Waals surface area contributed by atoms with Gasteiger partial charge in [-0.15, -0.1) is 0 Å². The molecule has 186 valence electrons. The number of likely N-dealkylation sites (N-methyl/N-ethyl adjacent to an activating group) is 2. The lowest BCUT2D eigenvalue weighted by Crippen LogP contribution is -2.46. The van der Waals surface area contributed by atoms with Crippen molar-refractivity contribution in [2.24, 2.45) is 0 Å². The van der Waals surface area contributed by atoms with Crippen LogP contribution in [0.2, 0.25) is 5.02 Å². The molecule has 0 bridgehead atoms. The summed E-state index contributed by atoms with van der Waals surface area (Å²) in [6, 6.07) is 9.81. The summed E-state index contributed by atoms with van der Waals surface area (Å²) in [5.41, 5.74) is 0.348. The molecule has 1 heterocycles. The Balaban J connectivity index is 1.64. The Morgan fingerprint density at radius 3 is 2.18 bits per heavy atom. The zero-order chi connectivity index (χ0) is 25.1. The molecule has 0 spiro atoms. The van der Waals surface area contributed by atoms with Gasteiger partial charge in [-0.05, 0) is 49.5 Å². The Morgan fingerprint density at radius 2 is 1.62 bits per heavy atom. The van der Waals surface area contributed by atoms with Crippen LogP contribution in [-0.2, 0) is 24.8 Å². The largest absolute Gasteiger partial charge is 0.495 e. The van der Waals surface area contributed by atoms with Gasteiger partial charge >= 0.3 is 0 Å². The van der Waals surface area contributed by atoms with Gasteiger partial charge in [0.2, 0.25) is 26.0 Å². The third-order valence-corrected chi connectivity index (χ3v) is 9.44. The molecule has 0 aromatic heterocycles. The number of hydrogen-bond donors (Lipinski definition) is 1. The maximum atomic E-state index is 12.8. The van der Waals surface area contributed by atoms with Crippen molar-refractivity contribution in [1.82, 2.24) is 13.5 Å². The first-order chi connectivity index (χ1) is 15.9. The number of piperazine rings is 1. The molecule has 10 nitrogen and oxygen atoms in total. The molecule has 34 heavy (non-hydrogen) atoms. The van der Waals surface area contributed by atoms with Crippen molar-refractivity contribution in [3.05, 3.63) is 47.5 Å². The maximum Gasteiger partial charge on any atom is 0.243 e. The molecule has 0 atom stereocenters. The highest BCUT2D eigenvalue weighted by atomic mass is 35.5. The minimum absolute atomic E-state index is 0.0768. The van der Waals surface area contributed by atoms with Crippen molar-refractivity contribution < 1.29 is 26.4 Å². The average Bonchev–Trinajstić information content (AvgIpc) is 2.79. The summed E-state index contributed by atoms with van der Waals surface area (Å²) in [6.45, 7) is 1.70. The van der Waals surface area contributed by atoms with Gasteiger partial charge in [-0.2, -0.15) is 8.61 Å². The Kier molecular flexibility index (Phi) is 8.22. The summed E-state index contributed by atoms with van der Waals surface area (Å²) in [5.74, 6) is -0.251. The Hall–Kier alpha value is -2.22. The summed E-state index contributed by atoms with van der Waals surface area (Å²) in [7, 11) is -2.96. The maximum absolute atomic E-state index is 12.8. The minimum atomic E-state index is -3.97. The molecule has 1 aliphatic heterocycles. The zero-order valence-electron chi connectivity index (χ0n) is 19.1. The highest BCUT2D eigenvalue weighted by Gasteiger charge is 2.28. The fourth-order valence-corrected chi connectivity index (χ4v) is 6.26. The normalized spacial score (nSPS) is 15.9. The molecule has 3 rings (SSSR count). The number of benzene rings is 2. The average molecular weight is 531 g/mol. The van der Waals surface area contributed by atoms with Crippen molar-refractivity contribution in [3.8, 4) is 5.75 Å². The predicted molar refractivity (Wildman–Crippen MR) is 129 cm³/mol. The summed E-state index contributed by atoms with van der Waals surface area (Å²) in [4.78, 5) is 14.5. The van der Waals surface area contributed by atoms with Crippen molar-refractivity contribution in [2.75, 3.05) is 59.2 Å². The zero-order valence-corrected chi connectivity index (χ0v) is 21.5. The molecule has 1 saturated heterocycles. The monoisotopic (exact) mass is 530 g/mol. The Bertz CT molecular complexity index is 1240. The van der Waals surface area contributed by atoms with E-state index in [9.17, 15) is 21.6 Å². The van der Waals surface area contributed by atoms with Crippen molar-refractivity contribution >= 4 is 43.2 Å². The number of amides is 1. The van der Waals surface area contributed by atoms with Crippen molar-refractivity contribution in [3.63, 3.8) is 0 Å². The lowest BCUT2D eigenvalue weighted by Gasteiger charge is -2.31. The first-order valence-corrected chi connectivity index (χ1v) is 13.6. The molecule has 0 saturated carbocycles. The van der Waals surface area contributed by atoms with Gasteiger partial charge in [0.15, 0.2) is 0 Å². The number of hydrogen-bond acceptors (Lipinski definition) is 7. The number of methoxy groups -OCH3 is 1. The van der Waals surface area contributed by atoms with Crippen LogP contribution >= 0.6 is 11.6 Å². The van der Waals surface area contributed by atoms with Gasteiger partial charge < -0.3 is 15.0 Å². The molecule has 0 aliphatic carbocycles. The van der Waals surface area contributed by atoms with Gasteiger partial charge in [-0.1, -0.05) is 11.6 Å². The van der Waals surface area contributed by atoms with E-state index in [-0.39, 0.29) is 14.8 Å². The molecule has 2 aromatic rings.